The van der Waals surface area contributed by atoms with E-state index in [0.717, 1.165) is 18.6 Å². The molecule has 0 aromatic heterocycles. The second-order valence-corrected chi connectivity index (χ2v) is 4.79. The highest BCUT2D eigenvalue weighted by Gasteiger charge is 2.24. The molecule has 1 aliphatic rings. The van der Waals surface area contributed by atoms with Gasteiger partial charge in [-0.25, -0.2) is 0 Å². The van der Waals surface area contributed by atoms with Crippen molar-refractivity contribution in [2.24, 2.45) is 11.7 Å². The van der Waals surface area contributed by atoms with E-state index < -0.39 is 0 Å². The number of nitrogens with one attached hydrogen (secondary N) is 1. The average molecular weight is 248 g/mol. The number of hydrogen-bond donors (Lipinski definition) is 2. The van der Waals surface area contributed by atoms with Gasteiger partial charge in [-0.15, -0.1) is 0 Å². The highest BCUT2D eigenvalue weighted by atomic mass is 16.5. The highest BCUT2D eigenvalue weighted by molar-refractivity contribution is 5.94. The Bertz CT molecular complexity index is 403. The summed E-state index contributed by atoms with van der Waals surface area (Å²) in [6.45, 7) is 0.673. The van der Waals surface area contributed by atoms with E-state index in [1.54, 1.807) is 31.4 Å². The zero-order valence-electron chi connectivity index (χ0n) is 10.7. The number of carbonyl (C=O) groups is 1. The van der Waals surface area contributed by atoms with Gasteiger partial charge in [-0.1, -0.05) is 6.42 Å². The third-order valence-electron chi connectivity index (χ3n) is 3.59. The molecule has 4 heteroatoms. The SMILES string of the molecule is COc1ccc(C(=O)NCC2CCCC2N)cc1. The minimum absolute atomic E-state index is 0.0447. The largest absolute Gasteiger partial charge is 0.497 e. The van der Waals surface area contributed by atoms with Crippen molar-refractivity contribution in [2.75, 3.05) is 13.7 Å². The number of carbonyl (C=O) groups excluding carboxylic acids is 1. The van der Waals surface area contributed by atoms with Crippen LogP contribution < -0.4 is 15.8 Å². The van der Waals surface area contributed by atoms with E-state index in [4.69, 9.17) is 10.5 Å². The number of ether oxygens (including phenoxy) is 1. The van der Waals surface area contributed by atoms with Crippen molar-refractivity contribution in [1.82, 2.24) is 5.32 Å². The first kappa shape index (κ1) is 12.9. The third kappa shape index (κ3) is 3.01. The normalized spacial score (nSPS) is 22.8. The van der Waals surface area contributed by atoms with Gasteiger partial charge in [-0.05, 0) is 43.0 Å². The molecule has 4 nitrogen and oxygen atoms in total. The van der Waals surface area contributed by atoms with Crippen LogP contribution in [0, 0.1) is 5.92 Å². The molecule has 2 rings (SSSR count). The van der Waals surface area contributed by atoms with E-state index in [9.17, 15) is 4.79 Å². The van der Waals surface area contributed by atoms with Crippen molar-refractivity contribution in [2.45, 2.75) is 25.3 Å². The minimum atomic E-state index is -0.0447. The minimum Gasteiger partial charge on any atom is -0.497 e. The molecule has 2 unspecified atom stereocenters. The fourth-order valence-electron chi connectivity index (χ4n) is 2.39. The van der Waals surface area contributed by atoms with Crippen LogP contribution in [0.4, 0.5) is 0 Å². The first-order valence-corrected chi connectivity index (χ1v) is 6.38. The molecule has 1 aromatic rings. The Morgan fingerprint density at radius 3 is 2.67 bits per heavy atom. The lowest BCUT2D eigenvalue weighted by Crippen LogP contribution is -2.35. The third-order valence-corrected chi connectivity index (χ3v) is 3.59. The maximum atomic E-state index is 11.9. The molecule has 98 valence electrons. The Hall–Kier alpha value is -1.55. The number of rotatable bonds is 4. The fourth-order valence-corrected chi connectivity index (χ4v) is 2.39. The number of benzene rings is 1. The molecule has 1 saturated carbocycles. The quantitative estimate of drug-likeness (QED) is 0.849. The molecule has 18 heavy (non-hydrogen) atoms. The van der Waals surface area contributed by atoms with Gasteiger partial charge in [0.05, 0.1) is 7.11 Å². The molecule has 2 atom stereocenters. The topological polar surface area (TPSA) is 64.3 Å². The predicted octanol–water partition coefficient (Wildman–Crippen LogP) is 1.55. The Kier molecular flexibility index (Phi) is 4.20. The molecule has 1 fully saturated rings. The van der Waals surface area contributed by atoms with E-state index in [0.29, 0.717) is 18.0 Å². The van der Waals surface area contributed by atoms with Crippen LogP contribution in [0.5, 0.6) is 5.75 Å². The lowest BCUT2D eigenvalue weighted by molar-refractivity contribution is 0.0946. The monoisotopic (exact) mass is 248 g/mol. The van der Waals surface area contributed by atoms with Gasteiger partial charge in [-0.2, -0.15) is 0 Å². The van der Waals surface area contributed by atoms with Crippen molar-refractivity contribution in [1.29, 1.82) is 0 Å². The van der Waals surface area contributed by atoms with Gasteiger partial charge >= 0.3 is 0 Å². The summed E-state index contributed by atoms with van der Waals surface area (Å²) in [7, 11) is 1.61. The number of amides is 1. The number of methoxy groups -OCH3 is 1. The number of hydrogen-bond acceptors (Lipinski definition) is 3. The molecule has 1 aromatic carbocycles. The molecule has 1 aliphatic carbocycles. The van der Waals surface area contributed by atoms with E-state index >= 15 is 0 Å². The Balaban J connectivity index is 1.87. The van der Waals surface area contributed by atoms with Crippen molar-refractivity contribution in [3.63, 3.8) is 0 Å². The van der Waals surface area contributed by atoms with Gasteiger partial charge in [0.15, 0.2) is 0 Å². The van der Waals surface area contributed by atoms with E-state index in [-0.39, 0.29) is 11.9 Å². The van der Waals surface area contributed by atoms with Crippen molar-refractivity contribution < 1.29 is 9.53 Å². The molecular weight excluding hydrogens is 228 g/mol. The van der Waals surface area contributed by atoms with Crippen LogP contribution >= 0.6 is 0 Å². The summed E-state index contributed by atoms with van der Waals surface area (Å²) >= 11 is 0. The van der Waals surface area contributed by atoms with Crippen molar-refractivity contribution in [3.8, 4) is 5.75 Å². The predicted molar refractivity (Wildman–Crippen MR) is 70.6 cm³/mol. The summed E-state index contributed by atoms with van der Waals surface area (Å²) in [5.74, 6) is 1.13. The summed E-state index contributed by atoms with van der Waals surface area (Å²) in [6, 6.07) is 7.35. The van der Waals surface area contributed by atoms with Gasteiger partial charge in [0.25, 0.3) is 5.91 Å². The Morgan fingerprint density at radius 2 is 2.11 bits per heavy atom. The summed E-state index contributed by atoms with van der Waals surface area (Å²) in [4.78, 5) is 11.9. The van der Waals surface area contributed by atoms with Gasteiger partial charge in [0, 0.05) is 18.2 Å². The van der Waals surface area contributed by atoms with Crippen molar-refractivity contribution in [3.05, 3.63) is 29.8 Å². The summed E-state index contributed by atoms with van der Waals surface area (Å²) in [6.07, 6.45) is 3.36. The maximum Gasteiger partial charge on any atom is 0.251 e. The van der Waals surface area contributed by atoms with E-state index in [1.807, 2.05) is 0 Å². The zero-order valence-corrected chi connectivity index (χ0v) is 10.7. The molecule has 0 saturated heterocycles. The van der Waals surface area contributed by atoms with Crippen LogP contribution in [-0.4, -0.2) is 25.6 Å². The summed E-state index contributed by atoms with van der Waals surface area (Å²) in [5.41, 5.74) is 6.63. The Morgan fingerprint density at radius 1 is 1.39 bits per heavy atom. The molecule has 0 heterocycles. The van der Waals surface area contributed by atoms with Gasteiger partial charge < -0.3 is 15.8 Å². The molecule has 1 amide bonds. The number of nitrogens with two attached hydrogens (primary N) is 1. The van der Waals surface area contributed by atoms with Gasteiger partial charge in [0.2, 0.25) is 0 Å². The summed E-state index contributed by atoms with van der Waals surface area (Å²) < 4.78 is 5.06. The van der Waals surface area contributed by atoms with Crippen LogP contribution in [0.1, 0.15) is 29.6 Å². The van der Waals surface area contributed by atoms with Crippen LogP contribution in [0.3, 0.4) is 0 Å². The average Bonchev–Trinajstić information content (AvgIpc) is 2.81. The zero-order chi connectivity index (χ0) is 13.0. The molecular formula is C14H20N2O2. The first-order chi connectivity index (χ1) is 8.70. The van der Waals surface area contributed by atoms with E-state index in [2.05, 4.69) is 5.32 Å². The lowest BCUT2D eigenvalue weighted by atomic mass is 10.0. The molecule has 3 N–H and O–H groups in total. The molecule has 0 aliphatic heterocycles. The van der Waals surface area contributed by atoms with Gasteiger partial charge in [0.1, 0.15) is 5.75 Å². The van der Waals surface area contributed by atoms with Gasteiger partial charge in [-0.3, -0.25) is 4.79 Å². The fraction of sp³-hybridized carbons (Fsp3) is 0.500. The van der Waals surface area contributed by atoms with Crippen molar-refractivity contribution >= 4 is 5.91 Å². The first-order valence-electron chi connectivity index (χ1n) is 6.38. The smallest absolute Gasteiger partial charge is 0.251 e. The van der Waals surface area contributed by atoms with Crippen LogP contribution in [-0.2, 0) is 0 Å². The van der Waals surface area contributed by atoms with Crippen LogP contribution in [0.15, 0.2) is 24.3 Å². The lowest BCUT2D eigenvalue weighted by Gasteiger charge is -2.15. The molecule has 0 radical (unpaired) electrons. The standard InChI is InChI=1S/C14H20N2O2/c1-18-12-7-5-10(6-8-12)14(17)16-9-11-3-2-4-13(11)15/h5-8,11,13H,2-4,9,15H2,1H3,(H,16,17). The summed E-state index contributed by atoms with van der Waals surface area (Å²) in [5, 5.41) is 2.95. The van der Waals surface area contributed by atoms with E-state index in [1.165, 1.54) is 6.42 Å². The maximum absolute atomic E-state index is 11.9. The molecule has 0 spiro atoms. The second kappa shape index (κ2) is 5.87. The Labute approximate surface area is 108 Å². The molecule has 0 bridgehead atoms. The van der Waals surface area contributed by atoms with Crippen LogP contribution in [0.2, 0.25) is 0 Å². The van der Waals surface area contributed by atoms with Crippen LogP contribution in [0.25, 0.3) is 0 Å². The second-order valence-electron chi connectivity index (χ2n) is 4.79. The highest BCUT2D eigenvalue weighted by Crippen LogP contribution is 2.23.